The standard InChI is InChI=1S/C11H14O4S/c1-15-9-5-3-4-8(11(12)6-7-11)10(9)16(2,13)14/h3-5,12H,6-7H2,1-2H3. The molecule has 0 unspecified atom stereocenters. The second-order valence-electron chi connectivity index (χ2n) is 4.14. The Balaban J connectivity index is 2.70. The van der Waals surface area contributed by atoms with Crippen LogP contribution >= 0.6 is 0 Å². The molecule has 1 aromatic carbocycles. The van der Waals surface area contributed by atoms with Gasteiger partial charge in [-0.15, -0.1) is 0 Å². The third kappa shape index (κ3) is 1.81. The highest BCUT2D eigenvalue weighted by molar-refractivity contribution is 7.90. The minimum Gasteiger partial charge on any atom is -0.495 e. The highest BCUT2D eigenvalue weighted by atomic mass is 32.2. The zero-order valence-corrected chi connectivity index (χ0v) is 10.0. The first-order valence-electron chi connectivity index (χ1n) is 4.98. The van der Waals surface area contributed by atoms with Crippen LogP contribution in [-0.2, 0) is 15.4 Å². The molecule has 1 fully saturated rings. The van der Waals surface area contributed by atoms with Crippen molar-refractivity contribution >= 4 is 9.84 Å². The molecule has 1 aliphatic carbocycles. The van der Waals surface area contributed by atoms with E-state index in [0.717, 1.165) is 6.26 Å². The van der Waals surface area contributed by atoms with E-state index in [2.05, 4.69) is 0 Å². The normalized spacial score (nSPS) is 18.2. The SMILES string of the molecule is COc1cccc(C2(O)CC2)c1S(C)(=O)=O. The maximum atomic E-state index is 11.7. The van der Waals surface area contributed by atoms with Crippen LogP contribution in [0, 0.1) is 0 Å². The quantitative estimate of drug-likeness (QED) is 0.861. The monoisotopic (exact) mass is 242 g/mol. The minimum atomic E-state index is -3.40. The molecule has 1 aliphatic rings. The molecule has 0 bridgehead atoms. The highest BCUT2D eigenvalue weighted by Crippen LogP contribution is 2.49. The van der Waals surface area contributed by atoms with Crippen molar-refractivity contribution in [3.8, 4) is 5.75 Å². The number of sulfone groups is 1. The number of benzene rings is 1. The van der Waals surface area contributed by atoms with E-state index in [1.807, 2.05) is 0 Å². The molecule has 1 aromatic rings. The van der Waals surface area contributed by atoms with Crippen molar-refractivity contribution in [2.45, 2.75) is 23.3 Å². The first-order valence-corrected chi connectivity index (χ1v) is 6.87. The topological polar surface area (TPSA) is 63.6 Å². The lowest BCUT2D eigenvalue weighted by Gasteiger charge is -2.15. The van der Waals surface area contributed by atoms with Crippen LogP contribution in [0.3, 0.4) is 0 Å². The summed E-state index contributed by atoms with van der Waals surface area (Å²) in [4.78, 5) is 0.109. The number of hydrogen-bond donors (Lipinski definition) is 1. The molecule has 0 saturated heterocycles. The second-order valence-corrected chi connectivity index (χ2v) is 6.09. The smallest absolute Gasteiger partial charge is 0.179 e. The molecular formula is C11H14O4S. The van der Waals surface area contributed by atoms with Crippen molar-refractivity contribution in [3.05, 3.63) is 23.8 Å². The van der Waals surface area contributed by atoms with Gasteiger partial charge in [-0.3, -0.25) is 0 Å². The summed E-state index contributed by atoms with van der Waals surface area (Å²) in [6, 6.07) is 4.93. The maximum absolute atomic E-state index is 11.7. The predicted molar refractivity (Wildman–Crippen MR) is 59.2 cm³/mol. The number of aliphatic hydroxyl groups is 1. The molecule has 0 radical (unpaired) electrons. The van der Waals surface area contributed by atoms with Gasteiger partial charge in [0.05, 0.1) is 12.7 Å². The lowest BCUT2D eigenvalue weighted by molar-refractivity contribution is 0.147. The van der Waals surface area contributed by atoms with Crippen LogP contribution < -0.4 is 4.74 Å². The molecule has 0 heterocycles. The van der Waals surface area contributed by atoms with Crippen molar-refractivity contribution in [2.75, 3.05) is 13.4 Å². The maximum Gasteiger partial charge on any atom is 0.179 e. The molecule has 0 aliphatic heterocycles. The van der Waals surface area contributed by atoms with E-state index in [0.29, 0.717) is 24.2 Å². The number of hydrogen-bond acceptors (Lipinski definition) is 4. The Morgan fingerprint density at radius 3 is 2.44 bits per heavy atom. The van der Waals surface area contributed by atoms with E-state index in [1.165, 1.54) is 7.11 Å². The van der Waals surface area contributed by atoms with E-state index in [4.69, 9.17) is 4.74 Å². The van der Waals surface area contributed by atoms with Crippen molar-refractivity contribution < 1.29 is 18.3 Å². The first-order chi connectivity index (χ1) is 7.38. The molecule has 16 heavy (non-hydrogen) atoms. The number of ether oxygens (including phenoxy) is 1. The Hall–Kier alpha value is -1.07. The van der Waals surface area contributed by atoms with Crippen LogP contribution in [-0.4, -0.2) is 26.9 Å². The van der Waals surface area contributed by atoms with E-state index < -0.39 is 15.4 Å². The molecule has 4 nitrogen and oxygen atoms in total. The van der Waals surface area contributed by atoms with Gasteiger partial charge in [-0.25, -0.2) is 8.42 Å². The van der Waals surface area contributed by atoms with Crippen molar-refractivity contribution in [1.82, 2.24) is 0 Å². The van der Waals surface area contributed by atoms with Gasteiger partial charge in [0.25, 0.3) is 0 Å². The Labute approximate surface area is 94.8 Å². The summed E-state index contributed by atoms with van der Waals surface area (Å²) in [5, 5.41) is 10.0. The molecule has 2 rings (SSSR count). The van der Waals surface area contributed by atoms with Gasteiger partial charge < -0.3 is 9.84 Å². The molecule has 0 amide bonds. The van der Waals surface area contributed by atoms with Gasteiger partial charge >= 0.3 is 0 Å². The van der Waals surface area contributed by atoms with Crippen molar-refractivity contribution in [3.63, 3.8) is 0 Å². The number of methoxy groups -OCH3 is 1. The van der Waals surface area contributed by atoms with E-state index >= 15 is 0 Å². The third-order valence-corrected chi connectivity index (χ3v) is 3.96. The summed E-state index contributed by atoms with van der Waals surface area (Å²) in [5.74, 6) is 0.292. The van der Waals surface area contributed by atoms with E-state index in [1.54, 1.807) is 18.2 Å². The Bertz CT molecular complexity index is 515. The fourth-order valence-electron chi connectivity index (χ4n) is 1.81. The number of rotatable bonds is 3. The zero-order chi connectivity index (χ0) is 12.0. The molecule has 1 N–H and O–H groups in total. The first kappa shape index (κ1) is 11.4. The minimum absolute atomic E-state index is 0.109. The molecule has 0 atom stereocenters. The summed E-state index contributed by atoms with van der Waals surface area (Å²) < 4.78 is 28.5. The van der Waals surface area contributed by atoms with E-state index in [-0.39, 0.29) is 4.90 Å². The van der Waals surface area contributed by atoms with Crippen molar-refractivity contribution in [2.24, 2.45) is 0 Å². The van der Waals surface area contributed by atoms with Gasteiger partial charge in [-0.1, -0.05) is 12.1 Å². The van der Waals surface area contributed by atoms with E-state index in [9.17, 15) is 13.5 Å². The second kappa shape index (κ2) is 3.46. The summed E-state index contributed by atoms with van der Waals surface area (Å²) in [6.07, 6.45) is 2.32. The molecule has 88 valence electrons. The van der Waals surface area contributed by atoms with Crippen LogP contribution in [0.2, 0.25) is 0 Å². The highest BCUT2D eigenvalue weighted by Gasteiger charge is 2.45. The zero-order valence-electron chi connectivity index (χ0n) is 9.23. The van der Waals surface area contributed by atoms with Gasteiger partial charge in [-0.05, 0) is 18.9 Å². The van der Waals surface area contributed by atoms with Crippen LogP contribution in [0.5, 0.6) is 5.75 Å². The van der Waals surface area contributed by atoms with Gasteiger partial charge in [0.1, 0.15) is 10.6 Å². The summed E-state index contributed by atoms with van der Waals surface area (Å²) in [7, 11) is -1.98. The fraction of sp³-hybridized carbons (Fsp3) is 0.455. The molecule has 0 aromatic heterocycles. The Kier molecular flexibility index (Phi) is 2.47. The average molecular weight is 242 g/mol. The molecule has 0 spiro atoms. The van der Waals surface area contributed by atoms with Crippen molar-refractivity contribution in [1.29, 1.82) is 0 Å². The summed E-state index contributed by atoms with van der Waals surface area (Å²) in [6.45, 7) is 0. The van der Waals surface area contributed by atoms with Gasteiger partial charge in [-0.2, -0.15) is 0 Å². The molecule has 1 saturated carbocycles. The Morgan fingerprint density at radius 2 is 2.00 bits per heavy atom. The average Bonchev–Trinajstić information content (AvgIpc) is 2.95. The fourth-order valence-corrected chi connectivity index (χ4v) is 2.99. The van der Waals surface area contributed by atoms with Gasteiger partial charge in [0.15, 0.2) is 9.84 Å². The van der Waals surface area contributed by atoms with Crippen LogP contribution in [0.15, 0.2) is 23.1 Å². The Morgan fingerprint density at radius 1 is 1.38 bits per heavy atom. The van der Waals surface area contributed by atoms with Crippen LogP contribution in [0.25, 0.3) is 0 Å². The lowest BCUT2D eigenvalue weighted by Crippen LogP contribution is -2.13. The lowest BCUT2D eigenvalue weighted by atomic mass is 10.1. The predicted octanol–water partition coefficient (Wildman–Crippen LogP) is 1.08. The molecule has 5 heteroatoms. The summed E-state index contributed by atoms with van der Waals surface area (Å²) in [5.41, 5.74) is -0.526. The van der Waals surface area contributed by atoms with Crippen LogP contribution in [0.4, 0.5) is 0 Å². The van der Waals surface area contributed by atoms with Crippen LogP contribution in [0.1, 0.15) is 18.4 Å². The third-order valence-electron chi connectivity index (χ3n) is 2.79. The summed E-state index contributed by atoms with van der Waals surface area (Å²) >= 11 is 0. The van der Waals surface area contributed by atoms with Gasteiger partial charge in [0.2, 0.25) is 0 Å². The molecular weight excluding hydrogens is 228 g/mol. The van der Waals surface area contributed by atoms with Gasteiger partial charge in [0, 0.05) is 11.8 Å². The largest absolute Gasteiger partial charge is 0.495 e.